The zero-order valence-corrected chi connectivity index (χ0v) is 4.53. The molecule has 0 saturated carbocycles. The third kappa shape index (κ3) is 54.0. The maximum absolute atomic E-state index is 4.25. The van der Waals surface area contributed by atoms with Crippen LogP contribution in [0, 0.1) is 14.0 Å². The van der Waals surface area contributed by atoms with Crippen molar-refractivity contribution in [3.05, 3.63) is 20.6 Å². The number of rotatable bonds is 0. The Morgan fingerprint density at radius 1 is 1.20 bits per heavy atom. The van der Waals surface area contributed by atoms with Crippen molar-refractivity contribution in [1.29, 1.82) is 0 Å². The maximum Gasteiger partial charge on any atom is 1.00 e. The van der Waals surface area contributed by atoms with Gasteiger partial charge in [0.15, 0.2) is 0 Å². The summed E-state index contributed by atoms with van der Waals surface area (Å²) in [6, 6.07) is 0. The van der Waals surface area contributed by atoms with Crippen molar-refractivity contribution in [3.8, 4) is 0 Å². The summed E-state index contributed by atoms with van der Waals surface area (Å²) in [5, 5.41) is 0. The average Bonchev–Trinajstić information content (AvgIpc) is 1.00. The van der Waals surface area contributed by atoms with Gasteiger partial charge in [-0.15, -0.1) is 0 Å². The molecule has 0 N–H and O–H groups in total. The van der Waals surface area contributed by atoms with E-state index < -0.39 is 0 Å². The quantitative estimate of drug-likeness (QED) is 0.253. The summed E-state index contributed by atoms with van der Waals surface area (Å²) in [4.78, 5) is 0. The molecule has 0 aliphatic rings. The Labute approximate surface area is 56.7 Å². The summed E-state index contributed by atoms with van der Waals surface area (Å²) in [6.45, 7) is 7.00. The van der Waals surface area contributed by atoms with Gasteiger partial charge in [-0.1, -0.05) is 0 Å². The molecule has 0 aromatic rings. The Hall–Kier alpha value is 0.857. The van der Waals surface area contributed by atoms with Crippen molar-refractivity contribution in [2.45, 2.75) is 0 Å². The predicted octanol–water partition coefficient (Wildman–Crippen LogP) is -1.94. The Morgan fingerprint density at radius 2 is 1.20 bits per heavy atom. The second-order valence-corrected chi connectivity index (χ2v) is 0. The van der Waals surface area contributed by atoms with Crippen molar-refractivity contribution < 1.29 is 35.9 Å². The molecule has 2 heteroatoms. The van der Waals surface area contributed by atoms with Crippen LogP contribution in [-0.4, -0.2) is 0 Å². The van der Waals surface area contributed by atoms with E-state index in [4.69, 9.17) is 0 Å². The summed E-state index contributed by atoms with van der Waals surface area (Å²) in [5.41, 5.74) is 0. The Kier molecular flexibility index (Phi) is 789. The van der Waals surface area contributed by atoms with E-state index in [-0.39, 0.29) is 43.4 Å². The fourth-order valence-electron chi connectivity index (χ4n) is 0. The normalized spacial score (nSPS) is 0.800. The summed E-state index contributed by atoms with van der Waals surface area (Å²) in [5.74, 6) is 0. The topological polar surface area (TPSA) is 0 Å². The van der Waals surface area contributed by atoms with Crippen molar-refractivity contribution in [3.63, 3.8) is 0 Å². The monoisotopic (exact) mass is 112 g/mol. The van der Waals surface area contributed by atoms with E-state index in [1.807, 2.05) is 0 Å². The molecule has 0 spiro atoms. The van der Waals surface area contributed by atoms with E-state index in [1.54, 1.807) is 0 Å². The molecule has 0 heterocycles. The van der Waals surface area contributed by atoms with Crippen LogP contribution >= 0.6 is 0 Å². The molecule has 0 atom stereocenters. The van der Waals surface area contributed by atoms with E-state index in [0.29, 0.717) is 0 Å². The Morgan fingerprint density at radius 3 is 1.20 bits per heavy atom. The van der Waals surface area contributed by atoms with E-state index in [1.165, 1.54) is 0 Å². The molecule has 0 nitrogen and oxygen atoms in total. The van der Waals surface area contributed by atoms with Crippen LogP contribution in [0.1, 0.15) is 0 Å². The molecule has 5 heavy (non-hydrogen) atoms. The van der Waals surface area contributed by atoms with E-state index in [0.717, 1.165) is 0 Å². The second kappa shape index (κ2) is 98.4. The second-order valence-electron chi connectivity index (χ2n) is 0. The van der Waals surface area contributed by atoms with Gasteiger partial charge in [-0.2, -0.15) is 0 Å². The first-order chi connectivity index (χ1) is 1.00. The van der Waals surface area contributed by atoms with Gasteiger partial charge in [0.25, 0.3) is 0 Å². The zero-order valence-electron chi connectivity index (χ0n) is 3.59. The molecule has 0 bridgehead atoms. The first kappa shape index (κ1) is 40.1. The van der Waals surface area contributed by atoms with Crippen molar-refractivity contribution >= 4 is 0 Å². The Bertz CT molecular complexity index is 6.85. The van der Waals surface area contributed by atoms with Gasteiger partial charge in [0.1, 0.15) is 0 Å². The molecular formula is C3H6CuLi. The molecule has 30 valence electrons. The van der Waals surface area contributed by atoms with Crippen LogP contribution in [-0.2, 0) is 17.1 Å². The molecule has 0 rings (SSSR count). The smallest absolute Gasteiger partial charge is 0.521 e. The Balaban J connectivity index is -0.00000000167. The van der Waals surface area contributed by atoms with Crippen molar-refractivity contribution in [2.24, 2.45) is 0 Å². The number of hydrogen-bond donors (Lipinski definition) is 0. The number of hydrogen-bond acceptors (Lipinski definition) is 0. The van der Waals surface area contributed by atoms with Gasteiger partial charge in [-0.05, 0) is 0 Å². The fourth-order valence-corrected chi connectivity index (χ4v) is 0. The summed E-state index contributed by atoms with van der Waals surface area (Å²) in [6.07, 6.45) is 0. The first-order valence-electron chi connectivity index (χ1n) is 0.408. The first-order valence-corrected chi connectivity index (χ1v) is 0.408. The molecule has 0 aliphatic carbocycles. The van der Waals surface area contributed by atoms with E-state index >= 15 is 0 Å². The van der Waals surface area contributed by atoms with Crippen LogP contribution in [0.5, 0.6) is 0 Å². The van der Waals surface area contributed by atoms with Crippen molar-refractivity contribution in [1.82, 2.24) is 0 Å². The molecule has 0 fully saturated rings. The molecule has 0 radical (unpaired) electrons. The van der Waals surface area contributed by atoms with Crippen LogP contribution in [0.15, 0.2) is 6.58 Å². The van der Waals surface area contributed by atoms with Gasteiger partial charge in [0.05, 0.1) is 0 Å². The third-order valence-electron chi connectivity index (χ3n) is 0. The van der Waals surface area contributed by atoms with Crippen LogP contribution < -0.4 is 18.9 Å². The van der Waals surface area contributed by atoms with Gasteiger partial charge in [-0.3, -0.25) is 6.58 Å². The van der Waals surface area contributed by atoms with Crippen molar-refractivity contribution in [2.75, 3.05) is 0 Å². The van der Waals surface area contributed by atoms with Crippen LogP contribution in [0.4, 0.5) is 0 Å². The van der Waals surface area contributed by atoms with E-state index in [9.17, 15) is 0 Å². The molecular weight excluding hydrogens is 107 g/mol. The van der Waals surface area contributed by atoms with Gasteiger partial charge in [0, 0.05) is 0 Å². The largest absolute Gasteiger partial charge is 1.00 e. The van der Waals surface area contributed by atoms with Gasteiger partial charge in [-0.25, -0.2) is 0 Å². The predicted molar refractivity (Wildman–Crippen MR) is 16.3 cm³/mol. The summed E-state index contributed by atoms with van der Waals surface area (Å²) >= 11 is 0. The van der Waals surface area contributed by atoms with Gasteiger partial charge >= 0.3 is 35.9 Å². The molecule has 0 aromatic carbocycles. The fraction of sp³-hybridized carbons (Fsp3) is 0. The van der Waals surface area contributed by atoms with Crippen LogP contribution in [0.3, 0.4) is 0 Å². The third-order valence-corrected chi connectivity index (χ3v) is 0. The molecule has 0 aromatic heterocycles. The molecule has 0 aliphatic heterocycles. The van der Waals surface area contributed by atoms with Crippen LogP contribution in [0.25, 0.3) is 0 Å². The zero-order chi connectivity index (χ0) is 2.00. The minimum Gasteiger partial charge on any atom is -0.521 e. The van der Waals surface area contributed by atoms with Gasteiger partial charge < -0.3 is 14.0 Å². The van der Waals surface area contributed by atoms with Crippen LogP contribution in [0.2, 0.25) is 0 Å². The molecule has 0 unspecified atom stereocenters. The minimum absolute atomic E-state index is 0. The molecule has 0 saturated heterocycles. The maximum atomic E-state index is 4.25. The summed E-state index contributed by atoms with van der Waals surface area (Å²) < 4.78 is 0. The SMILES string of the molecule is [CH-]=C.[CH3-].[Cu+].[Li+]. The van der Waals surface area contributed by atoms with E-state index in [2.05, 4.69) is 13.2 Å². The average molecular weight is 113 g/mol. The summed E-state index contributed by atoms with van der Waals surface area (Å²) in [7, 11) is 0. The van der Waals surface area contributed by atoms with Gasteiger partial charge in [0.2, 0.25) is 0 Å². The standard InChI is InChI=1S/C2H3.CH3.Cu.Li/c1-2;;;/h1H,2H2;1H3;;/q2*-1;2*+1. The molecule has 0 amide bonds. The minimum atomic E-state index is 0.